The Bertz CT molecular complexity index is 860. The van der Waals surface area contributed by atoms with Crippen molar-refractivity contribution in [3.8, 4) is 5.69 Å². The summed E-state index contributed by atoms with van der Waals surface area (Å²) in [5.41, 5.74) is 3.95. The van der Waals surface area contributed by atoms with Crippen LogP contribution in [-0.2, 0) is 21.1 Å². The zero-order chi connectivity index (χ0) is 20.1. The van der Waals surface area contributed by atoms with Gasteiger partial charge in [-0.3, -0.25) is 9.59 Å². The lowest BCUT2D eigenvalue weighted by Crippen LogP contribution is -3.12. The van der Waals surface area contributed by atoms with Gasteiger partial charge in [-0.25, -0.2) is 4.68 Å². The summed E-state index contributed by atoms with van der Waals surface area (Å²) in [6, 6.07) is 7.93. The van der Waals surface area contributed by atoms with Crippen LogP contribution in [0.4, 0.5) is 5.82 Å². The molecule has 28 heavy (non-hydrogen) atoms. The van der Waals surface area contributed by atoms with E-state index in [1.807, 2.05) is 31.2 Å². The number of carbonyl (C=O) groups is 2. The number of quaternary nitrogens is 1. The Kier molecular flexibility index (Phi) is 6.74. The Morgan fingerprint density at radius 3 is 2.71 bits per heavy atom. The maximum atomic E-state index is 12.5. The normalized spacial score (nSPS) is 12.9. The molecule has 0 fully saturated rings. The predicted molar refractivity (Wildman–Crippen MR) is 112 cm³/mol. The number of nitrogens with one attached hydrogen (secondary N) is 3. The van der Waals surface area contributed by atoms with E-state index in [1.165, 1.54) is 4.90 Å². The van der Waals surface area contributed by atoms with E-state index in [2.05, 4.69) is 29.6 Å². The van der Waals surface area contributed by atoms with E-state index in [1.54, 1.807) is 16.4 Å². The van der Waals surface area contributed by atoms with Crippen molar-refractivity contribution < 1.29 is 14.5 Å². The number of amides is 2. The van der Waals surface area contributed by atoms with Crippen LogP contribution in [0.2, 0.25) is 0 Å². The first-order chi connectivity index (χ1) is 13.5. The molecule has 0 saturated carbocycles. The number of aromatic nitrogens is 2. The largest absolute Gasteiger partial charge is 0.342 e. The highest BCUT2D eigenvalue weighted by molar-refractivity contribution is 7.98. The fraction of sp³-hybridized carbons (Fsp3) is 0.450. The molecule has 0 radical (unpaired) electrons. The number of hydrogen-bond acceptors (Lipinski definition) is 4. The summed E-state index contributed by atoms with van der Waals surface area (Å²) in [5, 5.41) is 10.2. The van der Waals surface area contributed by atoms with Crippen molar-refractivity contribution in [3.05, 3.63) is 41.1 Å². The summed E-state index contributed by atoms with van der Waals surface area (Å²) in [5.74, 6) is 0.936. The second kappa shape index (κ2) is 9.25. The molecule has 0 aliphatic carbocycles. The second-order valence-electron chi connectivity index (χ2n) is 6.93. The summed E-state index contributed by atoms with van der Waals surface area (Å²) in [7, 11) is 0. The summed E-state index contributed by atoms with van der Waals surface area (Å²) < 4.78 is 1.74. The molecule has 0 saturated heterocycles. The Balaban J connectivity index is 1.73. The van der Waals surface area contributed by atoms with Gasteiger partial charge in [-0.05, 0) is 38.5 Å². The molecule has 0 atom stereocenters. The predicted octanol–water partition coefficient (Wildman–Crippen LogP) is 0.907. The monoisotopic (exact) mass is 402 g/mol. The maximum absolute atomic E-state index is 12.5. The van der Waals surface area contributed by atoms with Gasteiger partial charge >= 0.3 is 11.8 Å². The van der Waals surface area contributed by atoms with Crippen LogP contribution in [0.1, 0.15) is 30.7 Å². The van der Waals surface area contributed by atoms with E-state index in [4.69, 9.17) is 0 Å². The molecule has 2 aromatic rings. The molecular weight excluding hydrogens is 374 g/mol. The van der Waals surface area contributed by atoms with Gasteiger partial charge in [-0.1, -0.05) is 12.1 Å². The third-order valence-corrected chi connectivity index (χ3v) is 5.97. The molecule has 2 heterocycles. The number of carbonyl (C=O) groups excluding carboxylic acids is 2. The van der Waals surface area contributed by atoms with Crippen molar-refractivity contribution in [1.29, 1.82) is 0 Å². The first kappa shape index (κ1) is 20.4. The molecule has 0 spiro atoms. The average Bonchev–Trinajstić information content (AvgIpc) is 3.27. The van der Waals surface area contributed by atoms with Crippen LogP contribution in [0.25, 0.3) is 5.69 Å². The Morgan fingerprint density at radius 1 is 1.21 bits per heavy atom. The number of nitrogens with zero attached hydrogens (tertiary/aromatic N) is 2. The molecule has 8 heteroatoms. The van der Waals surface area contributed by atoms with Gasteiger partial charge in [0.25, 0.3) is 0 Å². The molecule has 3 N–H and O–H groups in total. The SMILES string of the molecule is CC[NH+](CC)CCNC(=O)C(=O)Nc1c2c(nn1-c1cccc(C)c1)CSC2. The van der Waals surface area contributed by atoms with Crippen molar-refractivity contribution >= 4 is 29.4 Å². The van der Waals surface area contributed by atoms with Crippen LogP contribution >= 0.6 is 11.8 Å². The molecule has 1 aliphatic rings. The van der Waals surface area contributed by atoms with Crippen molar-refractivity contribution in [2.75, 3.05) is 31.5 Å². The van der Waals surface area contributed by atoms with E-state index >= 15 is 0 Å². The molecule has 3 rings (SSSR count). The van der Waals surface area contributed by atoms with E-state index < -0.39 is 11.8 Å². The van der Waals surface area contributed by atoms with E-state index in [-0.39, 0.29) is 0 Å². The van der Waals surface area contributed by atoms with Crippen LogP contribution in [0, 0.1) is 6.92 Å². The fourth-order valence-corrected chi connectivity index (χ4v) is 4.32. The minimum absolute atomic E-state index is 0.481. The molecular formula is C20H28N5O2S+. The van der Waals surface area contributed by atoms with Crippen LogP contribution in [-0.4, -0.2) is 47.8 Å². The topological polar surface area (TPSA) is 80.5 Å². The molecule has 2 amide bonds. The number of anilines is 1. The van der Waals surface area contributed by atoms with Gasteiger partial charge in [-0.15, -0.1) is 0 Å². The van der Waals surface area contributed by atoms with Gasteiger partial charge in [0.05, 0.1) is 37.6 Å². The van der Waals surface area contributed by atoms with Gasteiger partial charge in [0.2, 0.25) is 0 Å². The van der Waals surface area contributed by atoms with Gasteiger partial charge in [0, 0.05) is 17.1 Å². The number of benzene rings is 1. The molecule has 1 aliphatic heterocycles. The number of thioether (sulfide) groups is 1. The van der Waals surface area contributed by atoms with Crippen molar-refractivity contribution in [1.82, 2.24) is 15.1 Å². The van der Waals surface area contributed by atoms with Crippen LogP contribution in [0.15, 0.2) is 24.3 Å². The maximum Gasteiger partial charge on any atom is 0.314 e. The molecule has 7 nitrogen and oxygen atoms in total. The Morgan fingerprint density at radius 2 is 2.00 bits per heavy atom. The van der Waals surface area contributed by atoms with Crippen LogP contribution in [0.3, 0.4) is 0 Å². The highest BCUT2D eigenvalue weighted by Gasteiger charge is 2.26. The third-order valence-electron chi connectivity index (χ3n) is 5.00. The smallest absolute Gasteiger partial charge is 0.314 e. The molecule has 150 valence electrons. The van der Waals surface area contributed by atoms with Gasteiger partial charge in [0.1, 0.15) is 5.82 Å². The van der Waals surface area contributed by atoms with Crippen LogP contribution < -0.4 is 15.5 Å². The van der Waals surface area contributed by atoms with Crippen molar-refractivity contribution in [3.63, 3.8) is 0 Å². The highest BCUT2D eigenvalue weighted by Crippen LogP contribution is 2.36. The number of likely N-dealkylation sites (N-methyl/N-ethyl adjacent to an activating group) is 1. The summed E-state index contributed by atoms with van der Waals surface area (Å²) >= 11 is 1.76. The minimum atomic E-state index is -0.650. The standard InChI is InChI=1S/C20H27N5O2S/c1-4-24(5-2)10-9-21-19(26)20(27)22-18-16-12-28-13-17(16)23-25(18)15-8-6-7-14(3)11-15/h6-8,11H,4-5,9-10,12-13H2,1-3H3,(H,21,26)(H,22,27)/p+1. The molecule has 1 aromatic carbocycles. The average molecular weight is 403 g/mol. The lowest BCUT2D eigenvalue weighted by molar-refractivity contribution is -0.895. The van der Waals surface area contributed by atoms with Crippen LogP contribution in [0.5, 0.6) is 0 Å². The zero-order valence-electron chi connectivity index (χ0n) is 16.7. The van der Waals surface area contributed by atoms with Gasteiger partial charge in [0.15, 0.2) is 0 Å². The van der Waals surface area contributed by atoms with E-state index in [0.29, 0.717) is 12.4 Å². The summed E-state index contributed by atoms with van der Waals surface area (Å²) in [6.45, 7) is 9.51. The molecule has 0 bridgehead atoms. The summed E-state index contributed by atoms with van der Waals surface area (Å²) in [6.07, 6.45) is 0. The van der Waals surface area contributed by atoms with E-state index in [9.17, 15) is 9.59 Å². The van der Waals surface area contributed by atoms with Crippen molar-refractivity contribution in [2.24, 2.45) is 0 Å². The van der Waals surface area contributed by atoms with Gasteiger partial charge < -0.3 is 15.5 Å². The first-order valence-corrected chi connectivity index (χ1v) is 10.9. The van der Waals surface area contributed by atoms with Gasteiger partial charge in [-0.2, -0.15) is 16.9 Å². The number of aryl methyl sites for hydroxylation is 1. The quantitative estimate of drug-likeness (QED) is 0.602. The second-order valence-corrected chi connectivity index (χ2v) is 7.92. The summed E-state index contributed by atoms with van der Waals surface area (Å²) in [4.78, 5) is 26.1. The number of hydrogen-bond donors (Lipinski definition) is 3. The molecule has 1 aromatic heterocycles. The lowest BCUT2D eigenvalue weighted by Gasteiger charge is -2.15. The third kappa shape index (κ3) is 4.56. The molecule has 0 unspecified atom stereocenters. The highest BCUT2D eigenvalue weighted by atomic mass is 32.2. The van der Waals surface area contributed by atoms with E-state index in [0.717, 1.165) is 53.6 Å². The van der Waals surface area contributed by atoms with Crippen molar-refractivity contribution in [2.45, 2.75) is 32.3 Å². The fourth-order valence-electron chi connectivity index (χ4n) is 3.29. The number of rotatable bonds is 7. The Hall–Kier alpha value is -2.32. The zero-order valence-corrected chi connectivity index (χ0v) is 17.5. The lowest BCUT2D eigenvalue weighted by atomic mass is 10.2. The first-order valence-electron chi connectivity index (χ1n) is 9.71. The Labute approximate surface area is 169 Å². The minimum Gasteiger partial charge on any atom is -0.342 e. The number of fused-ring (bicyclic) bond motifs is 1.